The standard InChI is InChI=1S/C54H56N2O9/c1-36-26-43(28-45(38(36)3)59-31-39-18-10-6-11-19-39)50(57)55-30-47-49-54(65-53(4,5)64-49,52(63-47)62-34-42-24-16-9-17-25-42)35-56-51(58)44-27-37(2)48(61-33-41-22-14-8-15-23-41)46(29-44)60-32-40-20-12-7-13-21-40/h6-29,47,49,52H,30-35H2,1-5H3,(H,55,57)(H,56,58)/t47-,49-,52-,54-/m1/s1. The molecule has 2 amide bonds. The number of amides is 2. The van der Waals surface area contributed by atoms with E-state index in [2.05, 4.69) is 10.6 Å². The van der Waals surface area contributed by atoms with Gasteiger partial charge in [-0.05, 0) is 97.8 Å². The van der Waals surface area contributed by atoms with Gasteiger partial charge in [-0.2, -0.15) is 0 Å². The summed E-state index contributed by atoms with van der Waals surface area (Å²) in [5.74, 6) is -0.128. The molecule has 65 heavy (non-hydrogen) atoms. The van der Waals surface area contributed by atoms with Gasteiger partial charge in [0, 0.05) is 17.7 Å². The number of carbonyl (C=O) groups excluding carboxylic acids is 2. The SMILES string of the molecule is Cc1cc(C(=O)NC[C@H]2O[C@@H](OCc3ccccc3)[C@]3(CNC(=O)c4cc(C)c(OCc5ccccc5)c(OCc5ccccc5)c4)OC(C)(C)O[C@H]23)cc(OCc2ccccc2)c1C. The molecule has 2 fully saturated rings. The number of nitrogens with one attached hydrogen (secondary N) is 2. The van der Waals surface area contributed by atoms with Crippen LogP contribution in [-0.4, -0.2) is 54.8 Å². The van der Waals surface area contributed by atoms with Crippen molar-refractivity contribution < 1.29 is 42.7 Å². The van der Waals surface area contributed by atoms with Gasteiger partial charge in [0.05, 0.1) is 13.2 Å². The highest BCUT2D eigenvalue weighted by Crippen LogP contribution is 2.47. The van der Waals surface area contributed by atoms with Crippen LogP contribution < -0.4 is 24.8 Å². The lowest BCUT2D eigenvalue weighted by Gasteiger charge is -2.33. The summed E-state index contributed by atoms with van der Waals surface area (Å²) in [5, 5.41) is 6.20. The van der Waals surface area contributed by atoms with Gasteiger partial charge in [0.1, 0.15) is 37.8 Å². The Labute approximate surface area is 380 Å². The number of fused-ring (bicyclic) bond motifs is 1. The first-order valence-electron chi connectivity index (χ1n) is 22.0. The molecule has 2 heterocycles. The Kier molecular flexibility index (Phi) is 14.0. The van der Waals surface area contributed by atoms with E-state index >= 15 is 0 Å². The fourth-order valence-electron chi connectivity index (χ4n) is 8.25. The average molecular weight is 877 g/mol. The summed E-state index contributed by atoms with van der Waals surface area (Å²) in [4.78, 5) is 28.2. The maximum atomic E-state index is 14.3. The Hall–Kier alpha value is -6.50. The van der Waals surface area contributed by atoms with Gasteiger partial charge in [0.15, 0.2) is 29.2 Å². The Morgan fingerprint density at radius 2 is 1.06 bits per heavy atom. The van der Waals surface area contributed by atoms with Gasteiger partial charge in [-0.15, -0.1) is 0 Å². The van der Waals surface area contributed by atoms with Gasteiger partial charge in [0.25, 0.3) is 11.8 Å². The molecule has 8 rings (SSSR count). The van der Waals surface area contributed by atoms with Crippen molar-refractivity contribution in [3.63, 3.8) is 0 Å². The molecule has 336 valence electrons. The van der Waals surface area contributed by atoms with Crippen LogP contribution in [0.1, 0.15) is 73.5 Å². The molecule has 0 spiro atoms. The average Bonchev–Trinajstić information content (AvgIpc) is 3.76. The second-order valence-electron chi connectivity index (χ2n) is 17.1. The summed E-state index contributed by atoms with van der Waals surface area (Å²) in [6.07, 6.45) is -2.44. The molecule has 0 unspecified atom stereocenters. The van der Waals surface area contributed by atoms with E-state index in [1.807, 2.05) is 162 Å². The number of hydrogen-bond donors (Lipinski definition) is 2. The summed E-state index contributed by atoms with van der Waals surface area (Å²) in [6, 6.07) is 46.4. The summed E-state index contributed by atoms with van der Waals surface area (Å²) >= 11 is 0. The second-order valence-corrected chi connectivity index (χ2v) is 17.1. The maximum absolute atomic E-state index is 14.3. The number of benzene rings is 6. The minimum atomic E-state index is -1.30. The van der Waals surface area contributed by atoms with E-state index < -0.39 is 29.9 Å². The number of carbonyl (C=O) groups is 2. The summed E-state index contributed by atoms with van der Waals surface area (Å²) in [6.45, 7) is 10.7. The van der Waals surface area contributed by atoms with Crippen molar-refractivity contribution in [1.29, 1.82) is 0 Å². The Bertz CT molecular complexity index is 2550. The lowest BCUT2D eigenvalue weighted by molar-refractivity contribution is -0.260. The van der Waals surface area contributed by atoms with Gasteiger partial charge in [0.2, 0.25) is 0 Å². The van der Waals surface area contributed by atoms with Crippen molar-refractivity contribution >= 4 is 11.8 Å². The van der Waals surface area contributed by atoms with Crippen LogP contribution in [-0.2, 0) is 45.4 Å². The second kappa shape index (κ2) is 20.1. The summed E-state index contributed by atoms with van der Waals surface area (Å²) < 4.78 is 45.3. The number of hydrogen-bond acceptors (Lipinski definition) is 9. The minimum absolute atomic E-state index is 0.0331. The highest BCUT2D eigenvalue weighted by molar-refractivity contribution is 5.96. The molecule has 11 nitrogen and oxygen atoms in total. The first-order valence-corrected chi connectivity index (χ1v) is 22.0. The maximum Gasteiger partial charge on any atom is 0.251 e. The fourth-order valence-corrected chi connectivity index (χ4v) is 8.25. The molecule has 2 N–H and O–H groups in total. The van der Waals surface area contributed by atoms with Crippen molar-refractivity contribution in [3.8, 4) is 17.2 Å². The zero-order chi connectivity index (χ0) is 45.4. The Morgan fingerprint density at radius 3 is 1.63 bits per heavy atom. The summed E-state index contributed by atoms with van der Waals surface area (Å²) in [5.41, 5.74) is 6.06. The molecule has 11 heteroatoms. The van der Waals surface area contributed by atoms with E-state index in [0.29, 0.717) is 41.6 Å². The predicted molar refractivity (Wildman–Crippen MR) is 247 cm³/mol. The fraction of sp³-hybridized carbons (Fsp3) is 0.296. The molecule has 6 aromatic rings. The predicted octanol–water partition coefficient (Wildman–Crippen LogP) is 9.34. The van der Waals surface area contributed by atoms with Crippen LogP contribution >= 0.6 is 0 Å². The summed E-state index contributed by atoms with van der Waals surface area (Å²) in [7, 11) is 0. The van der Waals surface area contributed by atoms with Crippen LogP contribution in [0.5, 0.6) is 17.2 Å². The molecule has 2 aliphatic rings. The first kappa shape index (κ1) is 45.1. The van der Waals surface area contributed by atoms with Crippen molar-refractivity contribution in [3.05, 3.63) is 196 Å². The third kappa shape index (κ3) is 10.9. The van der Waals surface area contributed by atoms with Crippen molar-refractivity contribution in [2.45, 2.75) is 90.9 Å². The molecule has 0 aromatic heterocycles. The molecule has 2 saturated heterocycles. The highest BCUT2D eigenvalue weighted by atomic mass is 16.8. The normalized spacial score (nSPS) is 19.6. The van der Waals surface area contributed by atoms with Crippen molar-refractivity contribution in [1.82, 2.24) is 10.6 Å². The molecule has 2 aliphatic heterocycles. The molecular weight excluding hydrogens is 821 g/mol. The number of rotatable bonds is 18. The molecule has 4 atom stereocenters. The number of aryl methyl sites for hydroxylation is 2. The topological polar surface area (TPSA) is 123 Å². The lowest BCUT2D eigenvalue weighted by Crippen LogP contribution is -2.56. The van der Waals surface area contributed by atoms with Gasteiger partial charge in [-0.1, -0.05) is 121 Å². The first-order chi connectivity index (χ1) is 31.5. The Morgan fingerprint density at radius 1 is 0.585 bits per heavy atom. The largest absolute Gasteiger partial charge is 0.489 e. The smallest absolute Gasteiger partial charge is 0.251 e. The van der Waals surface area contributed by atoms with Crippen LogP contribution in [0.15, 0.2) is 146 Å². The number of ether oxygens (including phenoxy) is 7. The lowest BCUT2D eigenvalue weighted by atomic mass is 9.94. The zero-order valence-corrected chi connectivity index (χ0v) is 37.5. The van der Waals surface area contributed by atoms with Gasteiger partial charge in [-0.3, -0.25) is 9.59 Å². The van der Waals surface area contributed by atoms with E-state index in [-0.39, 0.29) is 38.1 Å². The Balaban J connectivity index is 1.02. The van der Waals surface area contributed by atoms with Crippen molar-refractivity contribution in [2.75, 3.05) is 13.1 Å². The van der Waals surface area contributed by atoms with Crippen LogP contribution in [0.2, 0.25) is 0 Å². The minimum Gasteiger partial charge on any atom is -0.489 e. The van der Waals surface area contributed by atoms with Gasteiger partial charge < -0.3 is 43.8 Å². The van der Waals surface area contributed by atoms with E-state index in [1.54, 1.807) is 18.2 Å². The quantitative estimate of drug-likeness (QED) is 0.0870. The van der Waals surface area contributed by atoms with Crippen LogP contribution in [0.4, 0.5) is 0 Å². The van der Waals surface area contributed by atoms with Crippen molar-refractivity contribution in [2.24, 2.45) is 0 Å². The molecule has 0 radical (unpaired) electrons. The van der Waals surface area contributed by atoms with Gasteiger partial charge in [-0.25, -0.2) is 0 Å². The van der Waals surface area contributed by atoms with E-state index in [0.717, 1.165) is 38.9 Å². The third-order valence-electron chi connectivity index (χ3n) is 11.7. The van der Waals surface area contributed by atoms with E-state index in [4.69, 9.17) is 33.2 Å². The molecule has 0 bridgehead atoms. The van der Waals surface area contributed by atoms with Crippen LogP contribution in [0.25, 0.3) is 0 Å². The molecule has 0 saturated carbocycles. The van der Waals surface area contributed by atoms with Crippen LogP contribution in [0, 0.1) is 20.8 Å². The zero-order valence-electron chi connectivity index (χ0n) is 37.5. The molecular formula is C54H56N2O9. The molecule has 0 aliphatic carbocycles. The van der Waals surface area contributed by atoms with Gasteiger partial charge >= 0.3 is 0 Å². The monoisotopic (exact) mass is 876 g/mol. The third-order valence-corrected chi connectivity index (χ3v) is 11.7. The van der Waals surface area contributed by atoms with Crippen LogP contribution in [0.3, 0.4) is 0 Å². The molecule has 6 aromatic carbocycles. The highest BCUT2D eigenvalue weighted by Gasteiger charge is 2.67. The van der Waals surface area contributed by atoms with E-state index in [9.17, 15) is 9.59 Å². The van der Waals surface area contributed by atoms with E-state index in [1.165, 1.54) is 0 Å².